The highest BCUT2D eigenvalue weighted by Gasteiger charge is 2.19. The molecule has 0 spiro atoms. The van der Waals surface area contributed by atoms with Gasteiger partial charge in [0.2, 0.25) is 10.0 Å². The highest BCUT2D eigenvalue weighted by atomic mass is 32.2. The molecule has 0 aromatic heterocycles. The van der Waals surface area contributed by atoms with Crippen molar-refractivity contribution in [2.24, 2.45) is 5.41 Å². The second-order valence-electron chi connectivity index (χ2n) is 3.92. The van der Waals surface area contributed by atoms with Gasteiger partial charge in [-0.15, -0.1) is 0 Å². The average molecular weight is 208 g/mol. The Morgan fingerprint density at radius 1 is 1.23 bits per heavy atom. The fourth-order valence-corrected chi connectivity index (χ4v) is 1.76. The van der Waals surface area contributed by atoms with Crippen molar-refractivity contribution in [1.82, 2.24) is 10.0 Å². The molecular formula is C8H20N2O2S. The van der Waals surface area contributed by atoms with Crippen LogP contribution < -0.4 is 10.0 Å². The molecule has 5 heteroatoms. The van der Waals surface area contributed by atoms with Gasteiger partial charge in [0.05, 0.1) is 5.75 Å². The van der Waals surface area contributed by atoms with E-state index in [9.17, 15) is 8.42 Å². The summed E-state index contributed by atoms with van der Waals surface area (Å²) in [5.74, 6) is 0.142. The first-order valence-corrected chi connectivity index (χ1v) is 6.10. The van der Waals surface area contributed by atoms with Crippen molar-refractivity contribution in [3.05, 3.63) is 0 Å². The Balaban J connectivity index is 4.01. The highest BCUT2D eigenvalue weighted by molar-refractivity contribution is 7.89. The Morgan fingerprint density at radius 3 is 2.15 bits per heavy atom. The van der Waals surface area contributed by atoms with Crippen LogP contribution in [0.1, 0.15) is 20.8 Å². The third-order valence-electron chi connectivity index (χ3n) is 1.81. The SMILES string of the molecule is CCS(=O)(=O)NCC(C)(C)CNC. The lowest BCUT2D eigenvalue weighted by atomic mass is 9.94. The minimum atomic E-state index is -3.05. The summed E-state index contributed by atoms with van der Waals surface area (Å²) in [6, 6.07) is 0. The molecule has 0 heterocycles. The fraction of sp³-hybridized carbons (Fsp3) is 1.00. The zero-order valence-electron chi connectivity index (χ0n) is 8.85. The van der Waals surface area contributed by atoms with Gasteiger partial charge < -0.3 is 5.32 Å². The van der Waals surface area contributed by atoms with E-state index in [4.69, 9.17) is 0 Å². The Labute approximate surface area is 81.2 Å². The van der Waals surface area contributed by atoms with Gasteiger partial charge in [0, 0.05) is 13.1 Å². The van der Waals surface area contributed by atoms with E-state index < -0.39 is 10.0 Å². The van der Waals surface area contributed by atoms with Gasteiger partial charge in [-0.1, -0.05) is 13.8 Å². The summed E-state index contributed by atoms with van der Waals surface area (Å²) in [6.07, 6.45) is 0. The molecule has 0 fully saturated rings. The van der Waals surface area contributed by atoms with Crippen molar-refractivity contribution in [1.29, 1.82) is 0 Å². The van der Waals surface area contributed by atoms with Gasteiger partial charge in [-0.25, -0.2) is 13.1 Å². The van der Waals surface area contributed by atoms with Gasteiger partial charge >= 0.3 is 0 Å². The Hall–Kier alpha value is -0.130. The van der Waals surface area contributed by atoms with Crippen molar-refractivity contribution in [3.8, 4) is 0 Å². The molecule has 2 N–H and O–H groups in total. The molecule has 0 saturated carbocycles. The molecule has 0 rings (SSSR count). The van der Waals surface area contributed by atoms with Crippen molar-refractivity contribution in [2.45, 2.75) is 20.8 Å². The van der Waals surface area contributed by atoms with E-state index in [1.165, 1.54) is 0 Å². The zero-order valence-corrected chi connectivity index (χ0v) is 9.66. The van der Waals surface area contributed by atoms with Crippen LogP contribution in [0.5, 0.6) is 0 Å². The number of hydrogen-bond acceptors (Lipinski definition) is 3. The zero-order chi connectivity index (χ0) is 10.5. The van der Waals surface area contributed by atoms with E-state index in [1.807, 2.05) is 20.9 Å². The maximum absolute atomic E-state index is 11.1. The van der Waals surface area contributed by atoms with Crippen LogP contribution in [0, 0.1) is 5.41 Å². The van der Waals surface area contributed by atoms with Crippen LogP contribution in [0.15, 0.2) is 0 Å². The summed E-state index contributed by atoms with van der Waals surface area (Å²) in [5.41, 5.74) is -0.0447. The van der Waals surface area contributed by atoms with Crippen molar-refractivity contribution >= 4 is 10.0 Å². The number of hydrogen-bond donors (Lipinski definition) is 2. The van der Waals surface area contributed by atoms with Gasteiger partial charge in [0.1, 0.15) is 0 Å². The van der Waals surface area contributed by atoms with Crippen molar-refractivity contribution < 1.29 is 8.42 Å². The molecule has 80 valence electrons. The van der Waals surface area contributed by atoms with Crippen molar-refractivity contribution in [2.75, 3.05) is 25.9 Å². The van der Waals surface area contributed by atoms with Gasteiger partial charge in [-0.3, -0.25) is 0 Å². The lowest BCUT2D eigenvalue weighted by molar-refractivity contribution is 0.351. The number of rotatable bonds is 6. The molecule has 0 saturated heterocycles. The minimum absolute atomic E-state index is 0.0447. The van der Waals surface area contributed by atoms with Gasteiger partial charge in [0.25, 0.3) is 0 Å². The average Bonchev–Trinajstić information content (AvgIpc) is 2.02. The molecule has 0 aliphatic heterocycles. The van der Waals surface area contributed by atoms with Crippen LogP contribution in [0.25, 0.3) is 0 Å². The van der Waals surface area contributed by atoms with Crippen molar-refractivity contribution in [3.63, 3.8) is 0 Å². The predicted octanol–water partition coefficient (Wildman–Crippen LogP) is 0.171. The molecule has 0 bridgehead atoms. The summed E-state index contributed by atoms with van der Waals surface area (Å²) in [5, 5.41) is 3.03. The lowest BCUT2D eigenvalue weighted by Crippen LogP contribution is -2.39. The van der Waals surface area contributed by atoms with E-state index in [2.05, 4.69) is 10.0 Å². The second-order valence-corrected chi connectivity index (χ2v) is 6.01. The van der Waals surface area contributed by atoms with E-state index in [0.717, 1.165) is 6.54 Å². The Kier molecular flexibility index (Phi) is 4.88. The van der Waals surface area contributed by atoms with E-state index in [1.54, 1.807) is 6.92 Å². The summed E-state index contributed by atoms with van der Waals surface area (Å²) in [7, 11) is -1.19. The van der Waals surface area contributed by atoms with Crippen LogP contribution in [-0.2, 0) is 10.0 Å². The number of sulfonamides is 1. The Morgan fingerprint density at radius 2 is 1.77 bits per heavy atom. The van der Waals surface area contributed by atoms with Crippen LogP contribution in [0.4, 0.5) is 0 Å². The predicted molar refractivity (Wildman–Crippen MR) is 55.2 cm³/mol. The topological polar surface area (TPSA) is 58.2 Å². The van der Waals surface area contributed by atoms with Crippen LogP contribution in [-0.4, -0.2) is 34.3 Å². The third kappa shape index (κ3) is 6.01. The van der Waals surface area contributed by atoms with E-state index in [0.29, 0.717) is 6.54 Å². The molecule has 0 aromatic rings. The third-order valence-corrected chi connectivity index (χ3v) is 3.15. The molecule has 4 nitrogen and oxygen atoms in total. The normalized spacial score (nSPS) is 13.2. The summed E-state index contributed by atoms with van der Waals surface area (Å²) < 4.78 is 24.8. The smallest absolute Gasteiger partial charge is 0.211 e. The molecule has 0 radical (unpaired) electrons. The summed E-state index contributed by atoms with van der Waals surface area (Å²) >= 11 is 0. The molecule has 0 aliphatic carbocycles. The van der Waals surface area contributed by atoms with E-state index >= 15 is 0 Å². The minimum Gasteiger partial charge on any atom is -0.319 e. The van der Waals surface area contributed by atoms with Crippen LogP contribution in [0.2, 0.25) is 0 Å². The molecule has 0 aromatic carbocycles. The first-order chi connectivity index (χ1) is 5.83. The highest BCUT2D eigenvalue weighted by Crippen LogP contribution is 2.11. The largest absolute Gasteiger partial charge is 0.319 e. The molecule has 0 aliphatic rings. The first-order valence-electron chi connectivity index (χ1n) is 4.45. The first kappa shape index (κ1) is 12.9. The maximum Gasteiger partial charge on any atom is 0.211 e. The monoisotopic (exact) mass is 208 g/mol. The van der Waals surface area contributed by atoms with Crippen LogP contribution >= 0.6 is 0 Å². The molecule has 0 atom stereocenters. The molecule has 0 unspecified atom stereocenters. The summed E-state index contributed by atoms with van der Waals surface area (Å²) in [6.45, 7) is 6.93. The Bertz CT molecular complexity index is 235. The quantitative estimate of drug-likeness (QED) is 0.654. The second kappa shape index (κ2) is 4.93. The van der Waals surface area contributed by atoms with Crippen LogP contribution in [0.3, 0.4) is 0 Å². The van der Waals surface area contributed by atoms with Gasteiger partial charge in [-0.2, -0.15) is 0 Å². The maximum atomic E-state index is 11.1. The molecular weight excluding hydrogens is 188 g/mol. The van der Waals surface area contributed by atoms with Gasteiger partial charge in [0.15, 0.2) is 0 Å². The molecule has 13 heavy (non-hydrogen) atoms. The van der Waals surface area contributed by atoms with Gasteiger partial charge in [-0.05, 0) is 19.4 Å². The standard InChI is InChI=1S/C8H20N2O2S/c1-5-13(11,12)10-7-8(2,3)6-9-4/h9-10H,5-7H2,1-4H3. The number of nitrogens with one attached hydrogen (secondary N) is 2. The fourth-order valence-electron chi connectivity index (χ4n) is 0.948. The summed E-state index contributed by atoms with van der Waals surface area (Å²) in [4.78, 5) is 0. The lowest BCUT2D eigenvalue weighted by Gasteiger charge is -2.24. The van der Waals surface area contributed by atoms with E-state index in [-0.39, 0.29) is 11.2 Å². The molecule has 0 amide bonds.